The lowest BCUT2D eigenvalue weighted by atomic mass is 10.0. The summed E-state index contributed by atoms with van der Waals surface area (Å²) in [4.78, 5) is 18.5. The number of aromatic nitrogens is 1. The van der Waals surface area contributed by atoms with Crippen LogP contribution in [0.4, 0.5) is 14.5 Å². The molecule has 1 atom stereocenters. The van der Waals surface area contributed by atoms with Gasteiger partial charge in [0.2, 0.25) is 0 Å². The van der Waals surface area contributed by atoms with E-state index in [1.807, 2.05) is 0 Å². The van der Waals surface area contributed by atoms with Gasteiger partial charge in [-0.3, -0.25) is 10.2 Å². The average molecular weight is 427 g/mol. The number of oxazole rings is 1. The van der Waals surface area contributed by atoms with Crippen molar-refractivity contribution in [1.82, 2.24) is 9.88 Å². The van der Waals surface area contributed by atoms with Gasteiger partial charge in [-0.2, -0.15) is 10.1 Å². The summed E-state index contributed by atoms with van der Waals surface area (Å²) in [5, 5.41) is 10.8. The van der Waals surface area contributed by atoms with E-state index in [1.165, 1.54) is 11.1 Å². The number of para-hydroxylation sites is 3. The molecule has 4 rings (SSSR count). The zero-order valence-electron chi connectivity index (χ0n) is 16.3. The fraction of sp³-hybridized carbons (Fsp3) is 0.238. The van der Waals surface area contributed by atoms with E-state index in [0.717, 1.165) is 6.21 Å². The molecule has 3 aromatic rings. The van der Waals surface area contributed by atoms with Gasteiger partial charge in [0.15, 0.2) is 11.7 Å². The summed E-state index contributed by atoms with van der Waals surface area (Å²) in [7, 11) is 0. The largest absolute Gasteiger partial charge is 0.439 e. The smallest absolute Gasteiger partial charge is 0.395 e. The number of alkyl halides is 2. The van der Waals surface area contributed by atoms with Crippen LogP contribution in [0, 0.1) is 5.41 Å². The van der Waals surface area contributed by atoms with Gasteiger partial charge in [0.25, 0.3) is 11.8 Å². The lowest BCUT2D eigenvalue weighted by Gasteiger charge is -2.37. The highest BCUT2D eigenvalue weighted by Crippen LogP contribution is 2.33. The maximum absolute atomic E-state index is 14.5. The van der Waals surface area contributed by atoms with Crippen molar-refractivity contribution in [2.75, 3.05) is 18.5 Å². The molecule has 2 N–H and O–H groups in total. The Hall–Kier alpha value is -3.82. The monoisotopic (exact) mass is 427 g/mol. The number of fused-ring (bicyclic) bond motifs is 1. The number of benzene rings is 2. The Morgan fingerprint density at radius 3 is 2.87 bits per heavy atom. The van der Waals surface area contributed by atoms with Gasteiger partial charge >= 0.3 is 6.08 Å². The van der Waals surface area contributed by atoms with E-state index in [4.69, 9.17) is 14.6 Å². The Balaban J connectivity index is 1.53. The number of nitrogens with one attached hydrogen (secondary N) is 2. The fourth-order valence-electron chi connectivity index (χ4n) is 3.28. The standard InChI is InChI=1S/C21H19F2N5O3/c22-21(23)9-12-28(19(29)14-5-1-2-6-15(14)27-25-11-10-24)13-18(21)31-20-26-16-7-3-4-8-17(16)30-20/h1-8,10-11,18,24,27H,9,12-13H2/b24-10?,25-11-. The predicted molar refractivity (Wildman–Crippen MR) is 111 cm³/mol. The van der Waals surface area contributed by atoms with E-state index in [2.05, 4.69) is 15.5 Å². The third-order valence-corrected chi connectivity index (χ3v) is 4.87. The van der Waals surface area contributed by atoms with Crippen molar-refractivity contribution in [2.45, 2.75) is 18.4 Å². The maximum Gasteiger partial charge on any atom is 0.395 e. The highest BCUT2D eigenvalue weighted by Gasteiger charge is 2.48. The minimum atomic E-state index is -3.15. The van der Waals surface area contributed by atoms with Crippen LogP contribution in [0.2, 0.25) is 0 Å². The number of amides is 1. The van der Waals surface area contributed by atoms with Crippen molar-refractivity contribution in [3.63, 3.8) is 0 Å². The number of hydrogen-bond donors (Lipinski definition) is 2. The number of piperidine rings is 1. The van der Waals surface area contributed by atoms with Gasteiger partial charge in [-0.05, 0) is 24.3 Å². The first-order chi connectivity index (χ1) is 15.0. The number of hydrogen-bond acceptors (Lipinski definition) is 7. The molecular weight excluding hydrogens is 408 g/mol. The second-order valence-corrected chi connectivity index (χ2v) is 6.92. The molecule has 2 aromatic carbocycles. The van der Waals surface area contributed by atoms with Crippen LogP contribution < -0.4 is 10.2 Å². The van der Waals surface area contributed by atoms with Gasteiger partial charge in [0.05, 0.1) is 24.0 Å². The first kappa shape index (κ1) is 20.5. The first-order valence-corrected chi connectivity index (χ1v) is 9.54. The topological polar surface area (TPSA) is 104 Å². The summed E-state index contributed by atoms with van der Waals surface area (Å²) >= 11 is 0. The SMILES string of the molecule is N=C/C=N\Nc1ccccc1C(=O)N1CCC(F)(F)C(Oc2nc3ccccc3o2)C1. The predicted octanol–water partition coefficient (Wildman–Crippen LogP) is 3.80. The maximum atomic E-state index is 14.5. The molecule has 0 saturated carbocycles. The van der Waals surface area contributed by atoms with Crippen LogP contribution in [0.1, 0.15) is 16.8 Å². The molecule has 0 spiro atoms. The molecule has 1 fully saturated rings. The van der Waals surface area contributed by atoms with E-state index in [-0.39, 0.29) is 24.7 Å². The Morgan fingerprint density at radius 2 is 2.06 bits per heavy atom. The molecule has 1 aliphatic rings. The Bertz CT molecular complexity index is 1100. The van der Waals surface area contributed by atoms with Crippen molar-refractivity contribution in [1.29, 1.82) is 5.41 Å². The summed E-state index contributed by atoms with van der Waals surface area (Å²) in [6, 6.07) is 13.4. The molecule has 0 bridgehead atoms. The second-order valence-electron chi connectivity index (χ2n) is 6.92. The van der Waals surface area contributed by atoms with Crippen LogP contribution in [0.3, 0.4) is 0 Å². The number of ether oxygens (including phenoxy) is 1. The van der Waals surface area contributed by atoms with Gasteiger partial charge in [0, 0.05) is 19.2 Å². The number of carbonyl (C=O) groups is 1. The highest BCUT2D eigenvalue weighted by atomic mass is 19.3. The number of likely N-dealkylation sites (tertiary alicyclic amines) is 1. The molecule has 8 nitrogen and oxygen atoms in total. The first-order valence-electron chi connectivity index (χ1n) is 9.54. The number of hydrazone groups is 1. The van der Waals surface area contributed by atoms with Crippen molar-refractivity contribution in [2.24, 2.45) is 5.10 Å². The number of nitrogens with zero attached hydrogens (tertiary/aromatic N) is 3. The molecule has 1 aromatic heterocycles. The van der Waals surface area contributed by atoms with Gasteiger partial charge in [0.1, 0.15) is 5.52 Å². The number of rotatable bonds is 6. The zero-order valence-corrected chi connectivity index (χ0v) is 16.3. The molecule has 1 saturated heterocycles. The van der Waals surface area contributed by atoms with E-state index >= 15 is 0 Å². The van der Waals surface area contributed by atoms with Gasteiger partial charge in [-0.1, -0.05) is 24.3 Å². The minimum Gasteiger partial charge on any atom is -0.439 e. The molecule has 10 heteroatoms. The lowest BCUT2D eigenvalue weighted by Crippen LogP contribution is -2.55. The van der Waals surface area contributed by atoms with E-state index in [0.29, 0.717) is 16.8 Å². The number of anilines is 1. The van der Waals surface area contributed by atoms with Gasteiger partial charge < -0.3 is 19.5 Å². The zero-order chi connectivity index (χ0) is 21.8. The van der Waals surface area contributed by atoms with Crippen molar-refractivity contribution in [3.05, 3.63) is 54.1 Å². The second kappa shape index (κ2) is 8.50. The minimum absolute atomic E-state index is 0.128. The van der Waals surface area contributed by atoms with Crippen molar-refractivity contribution >= 4 is 35.1 Å². The van der Waals surface area contributed by atoms with Crippen molar-refractivity contribution in [3.8, 4) is 6.08 Å². The molecule has 1 aliphatic heterocycles. The van der Waals surface area contributed by atoms with E-state index in [9.17, 15) is 13.6 Å². The molecule has 31 heavy (non-hydrogen) atoms. The molecule has 160 valence electrons. The molecule has 2 heterocycles. The van der Waals surface area contributed by atoms with Crippen LogP contribution in [0.15, 0.2) is 58.0 Å². The molecular formula is C21H19F2N5O3. The molecule has 0 radical (unpaired) electrons. The summed E-state index contributed by atoms with van der Waals surface area (Å²) < 4.78 is 39.9. The summed E-state index contributed by atoms with van der Waals surface area (Å²) in [6.45, 7) is -0.458. The third kappa shape index (κ3) is 4.37. The molecule has 1 amide bonds. The quantitative estimate of drug-likeness (QED) is 0.460. The van der Waals surface area contributed by atoms with Crippen LogP contribution in [0.5, 0.6) is 6.08 Å². The average Bonchev–Trinajstić information content (AvgIpc) is 3.18. The fourth-order valence-corrected chi connectivity index (χ4v) is 3.28. The molecule has 1 unspecified atom stereocenters. The highest BCUT2D eigenvalue weighted by molar-refractivity contribution is 6.14. The number of halogens is 2. The van der Waals surface area contributed by atoms with Crippen LogP contribution in [0.25, 0.3) is 11.1 Å². The van der Waals surface area contributed by atoms with Gasteiger partial charge in [-0.15, -0.1) is 0 Å². The Morgan fingerprint density at radius 1 is 1.29 bits per heavy atom. The van der Waals surface area contributed by atoms with Crippen LogP contribution in [-0.2, 0) is 0 Å². The van der Waals surface area contributed by atoms with E-state index in [1.54, 1.807) is 48.5 Å². The summed E-state index contributed by atoms with van der Waals surface area (Å²) in [5.74, 6) is -3.58. The third-order valence-electron chi connectivity index (χ3n) is 4.87. The number of carbonyl (C=O) groups excluding carboxylic acids is 1. The van der Waals surface area contributed by atoms with Crippen molar-refractivity contribution < 1.29 is 22.7 Å². The summed E-state index contributed by atoms with van der Waals surface area (Å²) in [6.07, 6.45) is -0.214. The van der Waals surface area contributed by atoms with E-state index < -0.39 is 24.4 Å². The summed E-state index contributed by atoms with van der Waals surface area (Å²) in [5.41, 5.74) is 4.28. The Labute approximate surface area is 176 Å². The van der Waals surface area contributed by atoms with Gasteiger partial charge in [-0.25, -0.2) is 8.78 Å². The Kier molecular flexibility index (Phi) is 5.61. The van der Waals surface area contributed by atoms with Crippen LogP contribution >= 0.6 is 0 Å². The molecule has 0 aliphatic carbocycles. The normalized spacial score (nSPS) is 18.3. The van der Waals surface area contributed by atoms with Crippen LogP contribution in [-0.4, -0.2) is 53.3 Å². The lowest BCUT2D eigenvalue weighted by molar-refractivity contribution is -0.136.